The van der Waals surface area contributed by atoms with E-state index in [0.717, 1.165) is 24.3 Å². The molecule has 6 nitrogen and oxygen atoms in total. The second kappa shape index (κ2) is 5.92. The number of hydrogen-bond donors (Lipinski definition) is 0. The van der Waals surface area contributed by atoms with E-state index in [1.165, 1.54) is 11.1 Å². The minimum atomic E-state index is -0.209. The summed E-state index contributed by atoms with van der Waals surface area (Å²) in [4.78, 5) is 14.8. The molecule has 0 fully saturated rings. The van der Waals surface area contributed by atoms with Crippen LogP contribution in [0.3, 0.4) is 0 Å². The van der Waals surface area contributed by atoms with Crippen LogP contribution in [-0.2, 0) is 12.0 Å². The molecule has 1 aromatic carbocycles. The summed E-state index contributed by atoms with van der Waals surface area (Å²) in [6.07, 6.45) is 3.61. The zero-order valence-electron chi connectivity index (χ0n) is 15.0. The Morgan fingerprint density at radius 3 is 2.67 bits per heavy atom. The predicted octanol–water partition coefficient (Wildman–Crippen LogP) is 2.94. The monoisotopic (exact) mass is 328 g/mol. The molecule has 0 unspecified atom stereocenters. The van der Waals surface area contributed by atoms with Crippen molar-refractivity contribution in [2.45, 2.75) is 46.1 Å². The van der Waals surface area contributed by atoms with E-state index in [0.29, 0.717) is 12.2 Å². The highest BCUT2D eigenvalue weighted by Crippen LogP contribution is 2.38. The number of amides is 1. The molecule has 128 valence electrons. The van der Waals surface area contributed by atoms with Crippen LogP contribution in [0.25, 0.3) is 0 Å². The number of fused-ring (bicyclic) bond motifs is 1. The molecule has 0 aliphatic carbocycles. The van der Waals surface area contributed by atoms with Crippen LogP contribution in [0.4, 0.5) is 5.69 Å². The number of carbonyl (C=O) groups excluding carboxylic acids is 1. The Morgan fingerprint density at radius 1 is 1.29 bits per heavy atom. The number of benzene rings is 1. The fourth-order valence-electron chi connectivity index (χ4n) is 3.05. The number of anilines is 1. The van der Waals surface area contributed by atoms with E-state index in [9.17, 15) is 4.79 Å². The van der Waals surface area contributed by atoms with Gasteiger partial charge in [0.15, 0.2) is 5.69 Å². The van der Waals surface area contributed by atoms with Gasteiger partial charge in [-0.15, -0.1) is 5.10 Å². The maximum atomic E-state index is 13.0. The first-order chi connectivity index (χ1) is 11.3. The minimum absolute atomic E-state index is 0.129. The summed E-state index contributed by atoms with van der Waals surface area (Å²) >= 11 is 0. The number of hydrogen-bond acceptors (Lipinski definition) is 4. The summed E-state index contributed by atoms with van der Waals surface area (Å²) in [5.74, 6) is 0.599. The lowest BCUT2D eigenvalue weighted by atomic mass is 9.96. The van der Waals surface area contributed by atoms with E-state index in [1.807, 2.05) is 32.9 Å². The van der Waals surface area contributed by atoms with Crippen LogP contribution in [0.5, 0.6) is 5.75 Å². The van der Waals surface area contributed by atoms with Crippen LogP contribution < -0.4 is 9.64 Å². The van der Waals surface area contributed by atoms with E-state index in [1.54, 1.807) is 22.9 Å². The number of aryl methyl sites for hydroxylation is 1. The molecule has 6 heteroatoms. The lowest BCUT2D eigenvalue weighted by Gasteiger charge is -2.31. The summed E-state index contributed by atoms with van der Waals surface area (Å²) in [5.41, 5.74) is 3.39. The van der Waals surface area contributed by atoms with Crippen LogP contribution in [0.2, 0.25) is 0 Å². The fraction of sp³-hybridized carbons (Fsp3) is 0.500. The third kappa shape index (κ3) is 2.77. The molecule has 24 heavy (non-hydrogen) atoms. The molecule has 3 rings (SSSR count). The van der Waals surface area contributed by atoms with E-state index in [4.69, 9.17) is 4.74 Å². The molecule has 0 bridgehead atoms. The van der Waals surface area contributed by atoms with Crippen LogP contribution in [-0.4, -0.2) is 34.6 Å². The number of methoxy groups -OCH3 is 1. The first-order valence-corrected chi connectivity index (χ1v) is 8.24. The van der Waals surface area contributed by atoms with Crippen molar-refractivity contribution in [3.05, 3.63) is 35.2 Å². The fourth-order valence-corrected chi connectivity index (χ4v) is 3.05. The van der Waals surface area contributed by atoms with Gasteiger partial charge >= 0.3 is 0 Å². The van der Waals surface area contributed by atoms with Gasteiger partial charge in [0.1, 0.15) is 5.75 Å². The first-order valence-electron chi connectivity index (χ1n) is 8.24. The molecule has 0 radical (unpaired) electrons. The molecule has 0 saturated heterocycles. The third-order valence-electron chi connectivity index (χ3n) is 4.42. The van der Waals surface area contributed by atoms with Crippen LogP contribution in [0.15, 0.2) is 18.3 Å². The molecule has 0 spiro atoms. The smallest absolute Gasteiger partial charge is 0.280 e. The Bertz CT molecular complexity index is 774. The van der Waals surface area contributed by atoms with Crippen molar-refractivity contribution < 1.29 is 9.53 Å². The molecular weight excluding hydrogens is 304 g/mol. The standard InChI is InChI=1S/C18H24N4O2/c1-12-8-9-15(24-5)16-13(12)7-6-10-21(16)17(23)14-11-22(20-19-14)18(2,3)4/h8-9,11H,6-7,10H2,1-5H3. The normalized spacial score (nSPS) is 14.5. The molecular formula is C18H24N4O2. The van der Waals surface area contributed by atoms with Crippen LogP contribution in [0.1, 0.15) is 48.8 Å². The highest BCUT2D eigenvalue weighted by molar-refractivity contribution is 6.06. The molecule has 2 aromatic rings. The Morgan fingerprint density at radius 2 is 2.04 bits per heavy atom. The zero-order chi connectivity index (χ0) is 17.5. The molecule has 1 aliphatic heterocycles. The Balaban J connectivity index is 2.02. The van der Waals surface area contributed by atoms with Crippen LogP contribution >= 0.6 is 0 Å². The molecule has 1 aliphatic rings. The summed E-state index contributed by atoms with van der Waals surface area (Å²) < 4.78 is 7.23. The van der Waals surface area contributed by atoms with Gasteiger partial charge in [-0.2, -0.15) is 0 Å². The lowest BCUT2D eigenvalue weighted by molar-refractivity contribution is 0.0979. The second-order valence-corrected chi connectivity index (χ2v) is 7.19. The van der Waals surface area contributed by atoms with Crippen molar-refractivity contribution in [3.8, 4) is 5.75 Å². The Kier molecular flexibility index (Phi) is 4.07. The van der Waals surface area contributed by atoms with Gasteiger partial charge in [0, 0.05) is 6.54 Å². The van der Waals surface area contributed by atoms with Crippen molar-refractivity contribution in [1.29, 1.82) is 0 Å². The van der Waals surface area contributed by atoms with Crippen molar-refractivity contribution in [1.82, 2.24) is 15.0 Å². The zero-order valence-corrected chi connectivity index (χ0v) is 15.0. The van der Waals surface area contributed by atoms with E-state index < -0.39 is 0 Å². The van der Waals surface area contributed by atoms with Gasteiger partial charge in [-0.3, -0.25) is 4.79 Å². The molecule has 2 heterocycles. The van der Waals surface area contributed by atoms with Gasteiger partial charge < -0.3 is 9.64 Å². The summed E-state index contributed by atoms with van der Waals surface area (Å²) in [7, 11) is 1.64. The van der Waals surface area contributed by atoms with E-state index in [2.05, 4.69) is 17.2 Å². The summed E-state index contributed by atoms with van der Waals surface area (Å²) in [6.45, 7) is 8.81. The Labute approximate surface area is 142 Å². The van der Waals surface area contributed by atoms with Gasteiger partial charge in [0.2, 0.25) is 0 Å². The van der Waals surface area contributed by atoms with Crippen molar-refractivity contribution in [2.24, 2.45) is 0 Å². The number of nitrogens with zero attached hydrogens (tertiary/aromatic N) is 4. The van der Waals surface area contributed by atoms with Crippen molar-refractivity contribution >= 4 is 11.6 Å². The quantitative estimate of drug-likeness (QED) is 0.850. The summed E-state index contributed by atoms with van der Waals surface area (Å²) in [5, 5.41) is 8.20. The van der Waals surface area contributed by atoms with Gasteiger partial charge in [0.25, 0.3) is 5.91 Å². The topological polar surface area (TPSA) is 60.2 Å². The molecule has 1 aromatic heterocycles. The van der Waals surface area contributed by atoms with Gasteiger partial charge in [-0.1, -0.05) is 11.3 Å². The second-order valence-electron chi connectivity index (χ2n) is 7.19. The number of aromatic nitrogens is 3. The first kappa shape index (κ1) is 16.5. The molecule has 0 atom stereocenters. The number of ether oxygens (including phenoxy) is 1. The maximum Gasteiger partial charge on any atom is 0.280 e. The molecule has 0 saturated carbocycles. The average molecular weight is 328 g/mol. The highest BCUT2D eigenvalue weighted by Gasteiger charge is 2.30. The lowest BCUT2D eigenvalue weighted by Crippen LogP contribution is -2.36. The largest absolute Gasteiger partial charge is 0.495 e. The number of rotatable bonds is 2. The van der Waals surface area contributed by atoms with Crippen LogP contribution in [0, 0.1) is 6.92 Å². The van der Waals surface area contributed by atoms with Gasteiger partial charge in [0.05, 0.1) is 24.5 Å². The highest BCUT2D eigenvalue weighted by atomic mass is 16.5. The van der Waals surface area contributed by atoms with Gasteiger partial charge in [-0.05, 0) is 57.7 Å². The van der Waals surface area contributed by atoms with E-state index in [-0.39, 0.29) is 11.4 Å². The number of carbonyl (C=O) groups is 1. The Hall–Kier alpha value is -2.37. The minimum Gasteiger partial charge on any atom is -0.495 e. The third-order valence-corrected chi connectivity index (χ3v) is 4.42. The SMILES string of the molecule is COc1ccc(C)c2c1N(C(=O)c1cn(C(C)(C)C)nn1)CCC2. The molecule has 1 amide bonds. The van der Waals surface area contributed by atoms with Crippen molar-refractivity contribution in [3.63, 3.8) is 0 Å². The summed E-state index contributed by atoms with van der Waals surface area (Å²) in [6, 6.07) is 3.97. The predicted molar refractivity (Wildman–Crippen MR) is 92.7 cm³/mol. The molecule has 0 N–H and O–H groups in total. The maximum absolute atomic E-state index is 13.0. The average Bonchev–Trinajstić information content (AvgIpc) is 3.04. The van der Waals surface area contributed by atoms with Crippen molar-refractivity contribution in [2.75, 3.05) is 18.6 Å². The van der Waals surface area contributed by atoms with E-state index >= 15 is 0 Å². The van der Waals surface area contributed by atoms with Gasteiger partial charge in [-0.25, -0.2) is 4.68 Å².